The standard InChI is InChI=1S/C18H21Cl2N5OS/c1-12-10-15(22-18(21-12)25-4-2-3-5-25)23-6-8-24(9-7-23)17(26)13-11-14(19)27-16(13)20/h10-11H,2-9H2,1H3. The van der Waals surface area contributed by atoms with Crippen LogP contribution in [0.15, 0.2) is 12.1 Å². The Balaban J connectivity index is 1.44. The van der Waals surface area contributed by atoms with Crippen LogP contribution in [0, 0.1) is 6.92 Å². The maximum Gasteiger partial charge on any atom is 0.256 e. The molecule has 0 unspecified atom stereocenters. The number of aromatic nitrogens is 2. The number of carbonyl (C=O) groups is 1. The summed E-state index contributed by atoms with van der Waals surface area (Å²) in [5, 5.41) is 0. The molecule has 0 aliphatic carbocycles. The lowest BCUT2D eigenvalue weighted by atomic mass is 10.2. The van der Waals surface area contributed by atoms with Crippen molar-refractivity contribution in [1.29, 1.82) is 0 Å². The summed E-state index contributed by atoms with van der Waals surface area (Å²) >= 11 is 13.3. The molecule has 0 N–H and O–H groups in total. The minimum absolute atomic E-state index is 0.0561. The van der Waals surface area contributed by atoms with Gasteiger partial charge in [0, 0.05) is 51.0 Å². The zero-order valence-corrected chi connectivity index (χ0v) is 17.4. The largest absolute Gasteiger partial charge is 0.353 e. The van der Waals surface area contributed by atoms with Gasteiger partial charge in [-0.3, -0.25) is 4.79 Å². The van der Waals surface area contributed by atoms with E-state index >= 15 is 0 Å². The lowest BCUT2D eigenvalue weighted by molar-refractivity contribution is 0.0747. The van der Waals surface area contributed by atoms with E-state index in [0.29, 0.717) is 27.3 Å². The van der Waals surface area contributed by atoms with Gasteiger partial charge >= 0.3 is 0 Å². The van der Waals surface area contributed by atoms with Gasteiger partial charge in [-0.05, 0) is 25.8 Å². The zero-order chi connectivity index (χ0) is 19.0. The quantitative estimate of drug-likeness (QED) is 0.749. The fourth-order valence-electron chi connectivity index (χ4n) is 3.55. The van der Waals surface area contributed by atoms with E-state index in [2.05, 4.69) is 14.8 Å². The predicted octanol–water partition coefficient (Wildman–Crippen LogP) is 3.72. The van der Waals surface area contributed by atoms with E-state index in [1.54, 1.807) is 6.07 Å². The van der Waals surface area contributed by atoms with Gasteiger partial charge in [0.05, 0.1) is 9.90 Å². The van der Waals surface area contributed by atoms with E-state index in [1.165, 1.54) is 24.2 Å². The molecule has 144 valence electrons. The van der Waals surface area contributed by atoms with Gasteiger partial charge in [0.15, 0.2) is 0 Å². The molecule has 1 amide bonds. The fraction of sp³-hybridized carbons (Fsp3) is 0.500. The molecule has 0 atom stereocenters. The molecule has 0 bridgehead atoms. The minimum atomic E-state index is -0.0561. The molecule has 2 aliphatic heterocycles. The molecule has 9 heteroatoms. The third-order valence-corrected chi connectivity index (χ3v) is 6.48. The van der Waals surface area contributed by atoms with Crippen LogP contribution in [0.3, 0.4) is 0 Å². The van der Waals surface area contributed by atoms with Crippen molar-refractivity contribution in [3.8, 4) is 0 Å². The van der Waals surface area contributed by atoms with Crippen LogP contribution in [0.4, 0.5) is 11.8 Å². The molecule has 0 radical (unpaired) electrons. The number of piperazine rings is 1. The average molecular weight is 426 g/mol. The van der Waals surface area contributed by atoms with E-state index in [0.717, 1.165) is 43.6 Å². The van der Waals surface area contributed by atoms with Crippen molar-refractivity contribution in [2.75, 3.05) is 49.1 Å². The number of nitrogens with zero attached hydrogens (tertiary/aromatic N) is 5. The van der Waals surface area contributed by atoms with Crippen LogP contribution in [0.2, 0.25) is 8.67 Å². The molecule has 0 saturated carbocycles. The van der Waals surface area contributed by atoms with Gasteiger partial charge in [-0.1, -0.05) is 23.2 Å². The molecule has 2 aromatic rings. The van der Waals surface area contributed by atoms with Crippen molar-refractivity contribution in [3.63, 3.8) is 0 Å². The van der Waals surface area contributed by atoms with E-state index in [1.807, 2.05) is 17.9 Å². The Bertz CT molecular complexity index is 844. The maximum atomic E-state index is 12.7. The fourth-order valence-corrected chi connectivity index (χ4v) is 5.00. The molecule has 2 fully saturated rings. The minimum Gasteiger partial charge on any atom is -0.353 e. The number of amides is 1. The van der Waals surface area contributed by atoms with Crippen molar-refractivity contribution in [3.05, 3.63) is 32.1 Å². The number of carbonyl (C=O) groups excluding carboxylic acids is 1. The first-order chi connectivity index (χ1) is 13.0. The van der Waals surface area contributed by atoms with Gasteiger partial charge in [-0.2, -0.15) is 4.98 Å². The molecule has 27 heavy (non-hydrogen) atoms. The highest BCUT2D eigenvalue weighted by Gasteiger charge is 2.26. The Labute approximate surface area is 172 Å². The normalized spacial score (nSPS) is 17.7. The van der Waals surface area contributed by atoms with Crippen molar-refractivity contribution in [2.24, 2.45) is 0 Å². The molecule has 6 nitrogen and oxygen atoms in total. The Morgan fingerprint density at radius 3 is 2.33 bits per heavy atom. The topological polar surface area (TPSA) is 52.6 Å². The first-order valence-electron chi connectivity index (χ1n) is 9.11. The van der Waals surface area contributed by atoms with Gasteiger partial charge in [0.25, 0.3) is 5.91 Å². The smallest absolute Gasteiger partial charge is 0.256 e. The number of thiophene rings is 1. The van der Waals surface area contributed by atoms with Crippen LogP contribution in [0.5, 0.6) is 0 Å². The van der Waals surface area contributed by atoms with Gasteiger partial charge in [0.2, 0.25) is 5.95 Å². The van der Waals surface area contributed by atoms with Crippen molar-refractivity contribution < 1.29 is 4.79 Å². The monoisotopic (exact) mass is 425 g/mol. The molecule has 2 saturated heterocycles. The number of anilines is 2. The lowest BCUT2D eigenvalue weighted by Gasteiger charge is -2.35. The molecular formula is C18H21Cl2N5OS. The first-order valence-corrected chi connectivity index (χ1v) is 10.7. The third kappa shape index (κ3) is 4.00. The van der Waals surface area contributed by atoms with Crippen LogP contribution in [0.25, 0.3) is 0 Å². The zero-order valence-electron chi connectivity index (χ0n) is 15.1. The number of aryl methyl sites for hydroxylation is 1. The number of rotatable bonds is 3. The summed E-state index contributed by atoms with van der Waals surface area (Å²) in [6, 6.07) is 3.67. The first kappa shape index (κ1) is 18.8. The van der Waals surface area contributed by atoms with Crippen LogP contribution in [-0.4, -0.2) is 60.0 Å². The van der Waals surface area contributed by atoms with Crippen molar-refractivity contribution >= 4 is 52.2 Å². The van der Waals surface area contributed by atoms with Gasteiger partial charge in [-0.15, -0.1) is 11.3 Å². The van der Waals surface area contributed by atoms with Crippen LogP contribution in [-0.2, 0) is 0 Å². The van der Waals surface area contributed by atoms with Crippen LogP contribution in [0.1, 0.15) is 28.9 Å². The maximum absolute atomic E-state index is 12.7. The highest BCUT2D eigenvalue weighted by atomic mass is 35.5. The van der Waals surface area contributed by atoms with E-state index in [4.69, 9.17) is 28.2 Å². The Morgan fingerprint density at radius 2 is 1.70 bits per heavy atom. The second-order valence-electron chi connectivity index (χ2n) is 6.88. The summed E-state index contributed by atoms with van der Waals surface area (Å²) < 4.78 is 0.988. The predicted molar refractivity (Wildman–Crippen MR) is 111 cm³/mol. The molecule has 2 aliphatic rings. The number of hydrogen-bond donors (Lipinski definition) is 0. The lowest BCUT2D eigenvalue weighted by Crippen LogP contribution is -2.49. The Kier molecular flexibility index (Phi) is 5.43. The SMILES string of the molecule is Cc1cc(N2CCN(C(=O)c3cc(Cl)sc3Cl)CC2)nc(N2CCCC2)n1. The van der Waals surface area contributed by atoms with Crippen LogP contribution < -0.4 is 9.80 Å². The summed E-state index contributed by atoms with van der Waals surface area (Å²) in [6.45, 7) is 6.78. The van der Waals surface area contributed by atoms with E-state index < -0.39 is 0 Å². The molecule has 0 aromatic carbocycles. The number of halogens is 2. The van der Waals surface area contributed by atoms with Crippen molar-refractivity contribution in [1.82, 2.24) is 14.9 Å². The Morgan fingerprint density at radius 1 is 1.00 bits per heavy atom. The summed E-state index contributed by atoms with van der Waals surface area (Å²) in [5.74, 6) is 1.70. The average Bonchev–Trinajstić information content (AvgIpc) is 3.30. The molecule has 4 heterocycles. The van der Waals surface area contributed by atoms with Crippen LogP contribution >= 0.6 is 34.5 Å². The third-order valence-electron chi connectivity index (χ3n) is 5.00. The van der Waals surface area contributed by atoms with Gasteiger partial charge < -0.3 is 14.7 Å². The highest BCUT2D eigenvalue weighted by Crippen LogP contribution is 2.32. The summed E-state index contributed by atoms with van der Waals surface area (Å²) in [6.07, 6.45) is 2.39. The molecule has 0 spiro atoms. The molecular weight excluding hydrogens is 405 g/mol. The second kappa shape index (κ2) is 7.81. The van der Waals surface area contributed by atoms with Gasteiger partial charge in [0.1, 0.15) is 10.2 Å². The van der Waals surface area contributed by atoms with E-state index in [9.17, 15) is 4.79 Å². The van der Waals surface area contributed by atoms with E-state index in [-0.39, 0.29) is 5.91 Å². The summed E-state index contributed by atoms with van der Waals surface area (Å²) in [5.41, 5.74) is 1.47. The van der Waals surface area contributed by atoms with Gasteiger partial charge in [-0.25, -0.2) is 4.98 Å². The second-order valence-corrected chi connectivity index (χ2v) is 9.16. The van der Waals surface area contributed by atoms with Crippen molar-refractivity contribution in [2.45, 2.75) is 19.8 Å². The molecule has 2 aromatic heterocycles. The highest BCUT2D eigenvalue weighted by molar-refractivity contribution is 7.20. The summed E-state index contributed by atoms with van der Waals surface area (Å²) in [7, 11) is 0. The number of hydrogen-bond acceptors (Lipinski definition) is 6. The molecule has 4 rings (SSSR count). The Hall–Kier alpha value is -1.57. The summed E-state index contributed by atoms with van der Waals surface area (Å²) in [4.78, 5) is 28.4.